The monoisotopic (exact) mass is 230 g/mol. The molecule has 1 aliphatic rings. The molecule has 0 aromatic heterocycles. The Balaban J connectivity index is 2.36. The standard InChI is InChI=1S/C12H26N2S/c1-4-6-12(3,13)10-14-7-8-15-11(5-2)9-14/h11H,4-10,13H2,1-3H3. The van der Waals surface area contributed by atoms with E-state index in [1.807, 2.05) is 0 Å². The van der Waals surface area contributed by atoms with Crippen molar-refractivity contribution in [1.82, 2.24) is 4.90 Å². The van der Waals surface area contributed by atoms with Gasteiger partial charge in [0.05, 0.1) is 0 Å². The van der Waals surface area contributed by atoms with Gasteiger partial charge in [-0.25, -0.2) is 0 Å². The van der Waals surface area contributed by atoms with E-state index in [4.69, 9.17) is 5.73 Å². The van der Waals surface area contributed by atoms with Gasteiger partial charge in [-0.1, -0.05) is 20.3 Å². The van der Waals surface area contributed by atoms with Gasteiger partial charge in [0.25, 0.3) is 0 Å². The number of thioether (sulfide) groups is 1. The van der Waals surface area contributed by atoms with Gasteiger partial charge in [-0.3, -0.25) is 4.90 Å². The Morgan fingerprint density at radius 2 is 2.20 bits per heavy atom. The van der Waals surface area contributed by atoms with E-state index < -0.39 is 0 Å². The first kappa shape index (κ1) is 13.3. The van der Waals surface area contributed by atoms with Crippen molar-refractivity contribution in [2.45, 2.75) is 50.8 Å². The van der Waals surface area contributed by atoms with Crippen molar-refractivity contribution in [3.05, 3.63) is 0 Å². The molecular formula is C12H26N2S. The van der Waals surface area contributed by atoms with Crippen LogP contribution in [0.3, 0.4) is 0 Å². The lowest BCUT2D eigenvalue weighted by molar-refractivity contribution is 0.214. The first-order chi connectivity index (χ1) is 7.07. The van der Waals surface area contributed by atoms with Crippen LogP contribution in [0, 0.1) is 0 Å². The highest BCUT2D eigenvalue weighted by atomic mass is 32.2. The zero-order valence-corrected chi connectivity index (χ0v) is 11.3. The van der Waals surface area contributed by atoms with Crippen LogP contribution in [0.1, 0.15) is 40.0 Å². The highest BCUT2D eigenvalue weighted by Crippen LogP contribution is 2.22. The van der Waals surface area contributed by atoms with Gasteiger partial charge in [0.1, 0.15) is 0 Å². The van der Waals surface area contributed by atoms with Gasteiger partial charge in [0.15, 0.2) is 0 Å². The van der Waals surface area contributed by atoms with Crippen LogP contribution in [0.2, 0.25) is 0 Å². The van der Waals surface area contributed by atoms with Gasteiger partial charge >= 0.3 is 0 Å². The predicted molar refractivity (Wildman–Crippen MR) is 70.5 cm³/mol. The minimum atomic E-state index is 0.00898. The molecule has 2 nitrogen and oxygen atoms in total. The molecule has 90 valence electrons. The Bertz CT molecular complexity index is 182. The molecular weight excluding hydrogens is 204 g/mol. The zero-order chi connectivity index (χ0) is 11.3. The summed E-state index contributed by atoms with van der Waals surface area (Å²) in [7, 11) is 0. The molecule has 0 aliphatic carbocycles. The lowest BCUT2D eigenvalue weighted by Crippen LogP contribution is -2.51. The van der Waals surface area contributed by atoms with Crippen LogP contribution in [0.4, 0.5) is 0 Å². The Labute approximate surface area is 99.0 Å². The summed E-state index contributed by atoms with van der Waals surface area (Å²) in [6.45, 7) is 10.2. The first-order valence-electron chi connectivity index (χ1n) is 6.20. The number of rotatable bonds is 5. The average Bonchev–Trinajstić information content (AvgIpc) is 2.17. The predicted octanol–water partition coefficient (Wildman–Crippen LogP) is 2.33. The summed E-state index contributed by atoms with van der Waals surface area (Å²) < 4.78 is 0. The van der Waals surface area contributed by atoms with Crippen LogP contribution < -0.4 is 5.73 Å². The number of hydrogen-bond acceptors (Lipinski definition) is 3. The summed E-state index contributed by atoms with van der Waals surface area (Å²) in [5.41, 5.74) is 6.31. The van der Waals surface area contributed by atoms with Crippen molar-refractivity contribution in [2.75, 3.05) is 25.4 Å². The summed E-state index contributed by atoms with van der Waals surface area (Å²) in [6.07, 6.45) is 3.61. The maximum Gasteiger partial charge on any atom is 0.0254 e. The molecule has 15 heavy (non-hydrogen) atoms. The highest BCUT2D eigenvalue weighted by Gasteiger charge is 2.25. The van der Waals surface area contributed by atoms with E-state index in [1.54, 1.807) is 0 Å². The second-order valence-corrected chi connectivity index (χ2v) is 6.45. The van der Waals surface area contributed by atoms with E-state index in [2.05, 4.69) is 37.4 Å². The van der Waals surface area contributed by atoms with Gasteiger partial charge in [0.2, 0.25) is 0 Å². The highest BCUT2D eigenvalue weighted by molar-refractivity contribution is 8.00. The molecule has 0 amide bonds. The van der Waals surface area contributed by atoms with Crippen LogP contribution in [0.5, 0.6) is 0 Å². The molecule has 2 unspecified atom stereocenters. The first-order valence-corrected chi connectivity index (χ1v) is 7.25. The molecule has 1 heterocycles. The summed E-state index contributed by atoms with van der Waals surface area (Å²) >= 11 is 2.12. The Kier molecular flexibility index (Phi) is 5.44. The minimum absolute atomic E-state index is 0.00898. The SMILES string of the molecule is CCCC(C)(N)CN1CCSC(CC)C1. The van der Waals surface area contributed by atoms with Crippen molar-refractivity contribution >= 4 is 11.8 Å². The number of nitrogens with two attached hydrogens (primary N) is 1. The third-order valence-electron chi connectivity index (χ3n) is 3.08. The number of nitrogens with zero attached hydrogens (tertiary/aromatic N) is 1. The van der Waals surface area contributed by atoms with Crippen LogP contribution >= 0.6 is 11.8 Å². The van der Waals surface area contributed by atoms with E-state index in [0.717, 1.165) is 18.2 Å². The molecule has 1 aliphatic heterocycles. The number of hydrogen-bond donors (Lipinski definition) is 1. The molecule has 0 saturated carbocycles. The van der Waals surface area contributed by atoms with Gasteiger partial charge in [-0.2, -0.15) is 11.8 Å². The molecule has 0 aromatic carbocycles. The fourth-order valence-corrected chi connectivity index (χ4v) is 3.58. The molecule has 2 atom stereocenters. The van der Waals surface area contributed by atoms with E-state index >= 15 is 0 Å². The summed E-state index contributed by atoms with van der Waals surface area (Å²) in [6, 6.07) is 0. The Hall–Kier alpha value is 0.270. The third kappa shape index (κ3) is 4.75. The lowest BCUT2D eigenvalue weighted by Gasteiger charge is -2.37. The maximum absolute atomic E-state index is 6.30. The van der Waals surface area contributed by atoms with Gasteiger partial charge in [0, 0.05) is 36.2 Å². The van der Waals surface area contributed by atoms with Gasteiger partial charge in [-0.05, 0) is 19.8 Å². The van der Waals surface area contributed by atoms with E-state index in [1.165, 1.54) is 31.7 Å². The second-order valence-electron chi connectivity index (χ2n) is 5.04. The molecule has 0 radical (unpaired) electrons. The fourth-order valence-electron chi connectivity index (χ4n) is 2.33. The van der Waals surface area contributed by atoms with Crippen molar-refractivity contribution < 1.29 is 0 Å². The maximum atomic E-state index is 6.30. The smallest absolute Gasteiger partial charge is 0.0254 e. The molecule has 1 fully saturated rings. The molecule has 0 aromatic rings. The second kappa shape index (κ2) is 6.12. The third-order valence-corrected chi connectivity index (χ3v) is 4.46. The quantitative estimate of drug-likeness (QED) is 0.786. The van der Waals surface area contributed by atoms with Crippen molar-refractivity contribution in [1.29, 1.82) is 0 Å². The molecule has 1 saturated heterocycles. The Morgan fingerprint density at radius 3 is 2.80 bits per heavy atom. The van der Waals surface area contributed by atoms with E-state index in [9.17, 15) is 0 Å². The average molecular weight is 230 g/mol. The van der Waals surface area contributed by atoms with Crippen molar-refractivity contribution in [2.24, 2.45) is 5.73 Å². The van der Waals surface area contributed by atoms with Crippen LogP contribution in [0.25, 0.3) is 0 Å². The van der Waals surface area contributed by atoms with Crippen molar-refractivity contribution in [3.8, 4) is 0 Å². The van der Waals surface area contributed by atoms with Gasteiger partial charge < -0.3 is 5.73 Å². The topological polar surface area (TPSA) is 29.3 Å². The van der Waals surface area contributed by atoms with Crippen LogP contribution in [-0.2, 0) is 0 Å². The zero-order valence-electron chi connectivity index (χ0n) is 10.5. The van der Waals surface area contributed by atoms with E-state index in [-0.39, 0.29) is 5.54 Å². The normalized spacial score (nSPS) is 27.6. The van der Waals surface area contributed by atoms with Crippen LogP contribution in [-0.4, -0.2) is 41.1 Å². The summed E-state index contributed by atoms with van der Waals surface area (Å²) in [5, 5.41) is 0.830. The minimum Gasteiger partial charge on any atom is -0.324 e. The summed E-state index contributed by atoms with van der Waals surface area (Å²) in [4.78, 5) is 2.56. The Morgan fingerprint density at radius 1 is 1.47 bits per heavy atom. The largest absolute Gasteiger partial charge is 0.324 e. The fraction of sp³-hybridized carbons (Fsp3) is 1.00. The molecule has 0 bridgehead atoms. The van der Waals surface area contributed by atoms with Crippen molar-refractivity contribution in [3.63, 3.8) is 0 Å². The van der Waals surface area contributed by atoms with E-state index in [0.29, 0.717) is 0 Å². The lowest BCUT2D eigenvalue weighted by atomic mass is 9.96. The molecule has 0 spiro atoms. The van der Waals surface area contributed by atoms with Crippen LogP contribution in [0.15, 0.2) is 0 Å². The summed E-state index contributed by atoms with van der Waals surface area (Å²) in [5.74, 6) is 1.28. The molecule has 1 rings (SSSR count). The van der Waals surface area contributed by atoms with Gasteiger partial charge in [-0.15, -0.1) is 0 Å². The molecule has 2 N–H and O–H groups in total. The molecule has 3 heteroatoms.